The molecule has 0 saturated carbocycles. The van der Waals surface area contributed by atoms with E-state index >= 15 is 0 Å². The number of halogens is 2. The minimum atomic E-state index is -2.34. The molecule has 1 N–H and O–H groups in total. The summed E-state index contributed by atoms with van der Waals surface area (Å²) in [6, 6.07) is 15.3. The average Bonchev–Trinajstić information content (AvgIpc) is 3.17. The minimum Gasteiger partial charge on any atom is -0.493 e. The lowest BCUT2D eigenvalue weighted by Crippen LogP contribution is -2.24. The predicted octanol–water partition coefficient (Wildman–Crippen LogP) is 4.58. The highest BCUT2D eigenvalue weighted by molar-refractivity contribution is 5.73. The first-order chi connectivity index (χ1) is 14.4. The molecule has 1 amide bonds. The van der Waals surface area contributed by atoms with Crippen molar-refractivity contribution >= 4 is 11.6 Å². The third-order valence-electron chi connectivity index (χ3n) is 5.05. The fraction of sp³-hybridized carbons (Fsp3) is 0.435. The summed E-state index contributed by atoms with van der Waals surface area (Å²) in [6.07, 6.45) is -1.61. The number of carbonyl (C=O) groups excluding carboxylic acids is 1. The van der Waals surface area contributed by atoms with Crippen LogP contribution in [0.15, 0.2) is 48.5 Å². The Morgan fingerprint density at radius 3 is 2.43 bits per heavy atom. The number of hydrogen-bond acceptors (Lipinski definition) is 4. The second-order valence-corrected chi connectivity index (χ2v) is 7.49. The Morgan fingerprint density at radius 2 is 1.80 bits per heavy atom. The molecule has 1 aliphatic heterocycles. The van der Waals surface area contributed by atoms with Crippen LogP contribution in [0.2, 0.25) is 0 Å². The lowest BCUT2D eigenvalue weighted by atomic mass is 10.1. The molecule has 1 fully saturated rings. The van der Waals surface area contributed by atoms with Crippen molar-refractivity contribution in [2.24, 2.45) is 0 Å². The van der Waals surface area contributed by atoms with Crippen molar-refractivity contribution in [3.8, 4) is 11.5 Å². The number of carbonyl (C=O) groups is 1. The summed E-state index contributed by atoms with van der Waals surface area (Å²) >= 11 is 0. The lowest BCUT2D eigenvalue weighted by Gasteiger charge is -2.20. The van der Waals surface area contributed by atoms with Gasteiger partial charge in [-0.1, -0.05) is 12.1 Å². The Bertz CT molecular complexity index is 812. The van der Waals surface area contributed by atoms with E-state index in [-0.39, 0.29) is 31.1 Å². The van der Waals surface area contributed by atoms with Gasteiger partial charge in [0.05, 0.1) is 19.2 Å². The maximum Gasteiger partial charge on any atom is 0.241 e. The summed E-state index contributed by atoms with van der Waals surface area (Å²) in [4.78, 5) is 13.4. The standard InChI is InChI=1S/C23H28F2N2O3/c1-16(26-17(2)28)18-3-7-21(8-4-18)30-22-11-13-27(15-22)19-5-9-20(10-6-19)29-14-12-23(24)25/h3-10,16,22-23H,11-15H2,1-2H3,(H,26,28). The second kappa shape index (κ2) is 10.3. The molecule has 1 saturated heterocycles. The van der Waals surface area contributed by atoms with Crippen LogP contribution in [0.3, 0.4) is 0 Å². The van der Waals surface area contributed by atoms with Gasteiger partial charge >= 0.3 is 0 Å². The highest BCUT2D eigenvalue weighted by Gasteiger charge is 2.24. The topological polar surface area (TPSA) is 50.8 Å². The fourth-order valence-corrected chi connectivity index (χ4v) is 3.49. The number of anilines is 1. The third kappa shape index (κ3) is 6.34. The van der Waals surface area contributed by atoms with E-state index in [9.17, 15) is 13.6 Å². The maximum absolute atomic E-state index is 12.2. The molecule has 0 radical (unpaired) electrons. The van der Waals surface area contributed by atoms with Gasteiger partial charge in [0, 0.05) is 32.0 Å². The molecule has 1 aliphatic rings. The van der Waals surface area contributed by atoms with Crippen molar-refractivity contribution in [3.63, 3.8) is 0 Å². The molecular formula is C23H28F2N2O3. The summed E-state index contributed by atoms with van der Waals surface area (Å²) in [6.45, 7) is 5.12. The van der Waals surface area contributed by atoms with Crippen molar-refractivity contribution in [1.29, 1.82) is 0 Å². The van der Waals surface area contributed by atoms with Crippen molar-refractivity contribution < 1.29 is 23.0 Å². The highest BCUT2D eigenvalue weighted by atomic mass is 19.3. The van der Waals surface area contributed by atoms with E-state index in [2.05, 4.69) is 10.2 Å². The molecule has 0 aliphatic carbocycles. The summed E-state index contributed by atoms with van der Waals surface area (Å²) in [5.74, 6) is 1.35. The number of ether oxygens (including phenoxy) is 2. The van der Waals surface area contributed by atoms with E-state index in [1.165, 1.54) is 6.92 Å². The lowest BCUT2D eigenvalue weighted by molar-refractivity contribution is -0.119. The number of benzene rings is 2. The number of hydrogen-bond donors (Lipinski definition) is 1. The number of alkyl halides is 2. The molecule has 1 heterocycles. The van der Waals surface area contributed by atoms with Gasteiger partial charge in [-0.3, -0.25) is 4.79 Å². The molecule has 162 valence electrons. The van der Waals surface area contributed by atoms with Crippen LogP contribution in [0.4, 0.5) is 14.5 Å². The van der Waals surface area contributed by atoms with Gasteiger partial charge in [-0.05, 0) is 48.9 Å². The first-order valence-corrected chi connectivity index (χ1v) is 10.2. The van der Waals surface area contributed by atoms with Crippen molar-refractivity contribution in [2.75, 3.05) is 24.6 Å². The molecule has 7 heteroatoms. The zero-order valence-corrected chi connectivity index (χ0v) is 17.3. The van der Waals surface area contributed by atoms with E-state index in [0.29, 0.717) is 5.75 Å². The molecule has 5 nitrogen and oxygen atoms in total. The minimum absolute atomic E-state index is 0.0129. The Morgan fingerprint density at radius 1 is 1.13 bits per heavy atom. The SMILES string of the molecule is CC(=O)NC(C)c1ccc(OC2CCN(c3ccc(OCCC(F)F)cc3)C2)cc1. The van der Waals surface area contributed by atoms with E-state index in [1.54, 1.807) is 0 Å². The first kappa shape index (κ1) is 21.9. The molecule has 0 spiro atoms. The van der Waals surface area contributed by atoms with Crippen molar-refractivity contribution in [2.45, 2.75) is 45.3 Å². The van der Waals surface area contributed by atoms with Gasteiger partial charge in [0.2, 0.25) is 12.3 Å². The van der Waals surface area contributed by atoms with Gasteiger partial charge in [0.25, 0.3) is 0 Å². The van der Waals surface area contributed by atoms with Crippen LogP contribution >= 0.6 is 0 Å². The van der Waals surface area contributed by atoms with Crippen LogP contribution in [-0.2, 0) is 4.79 Å². The molecule has 3 rings (SSSR count). The van der Waals surface area contributed by atoms with Gasteiger partial charge in [-0.25, -0.2) is 8.78 Å². The summed E-state index contributed by atoms with van der Waals surface area (Å²) in [5.41, 5.74) is 2.09. The fourth-order valence-electron chi connectivity index (χ4n) is 3.49. The van der Waals surface area contributed by atoms with E-state index < -0.39 is 6.43 Å². The molecule has 0 bridgehead atoms. The van der Waals surface area contributed by atoms with Crippen molar-refractivity contribution in [3.05, 3.63) is 54.1 Å². The molecule has 2 atom stereocenters. The number of amides is 1. The van der Waals surface area contributed by atoms with Crippen LogP contribution in [0, 0.1) is 0 Å². The highest BCUT2D eigenvalue weighted by Crippen LogP contribution is 2.26. The average molecular weight is 418 g/mol. The third-order valence-corrected chi connectivity index (χ3v) is 5.05. The van der Waals surface area contributed by atoms with E-state index in [1.807, 2.05) is 55.5 Å². The Hall–Kier alpha value is -2.83. The molecule has 30 heavy (non-hydrogen) atoms. The van der Waals surface area contributed by atoms with Gasteiger partial charge in [0.1, 0.15) is 17.6 Å². The molecule has 2 aromatic carbocycles. The van der Waals surface area contributed by atoms with Gasteiger partial charge in [-0.2, -0.15) is 0 Å². The van der Waals surface area contributed by atoms with Crippen LogP contribution < -0.4 is 19.7 Å². The molecule has 2 aromatic rings. The van der Waals surface area contributed by atoms with E-state index in [4.69, 9.17) is 9.47 Å². The molecule has 0 aromatic heterocycles. The second-order valence-electron chi connectivity index (χ2n) is 7.49. The number of nitrogens with zero attached hydrogens (tertiary/aromatic N) is 1. The monoisotopic (exact) mass is 418 g/mol. The summed E-state index contributed by atoms with van der Waals surface area (Å²) in [5, 5.41) is 2.87. The molecule has 2 unspecified atom stereocenters. The zero-order valence-electron chi connectivity index (χ0n) is 17.3. The first-order valence-electron chi connectivity index (χ1n) is 10.2. The largest absolute Gasteiger partial charge is 0.493 e. The van der Waals surface area contributed by atoms with Gasteiger partial charge < -0.3 is 19.7 Å². The quantitative estimate of drug-likeness (QED) is 0.648. The van der Waals surface area contributed by atoms with Crippen molar-refractivity contribution in [1.82, 2.24) is 5.32 Å². The van der Waals surface area contributed by atoms with Gasteiger partial charge in [0.15, 0.2) is 0 Å². The van der Waals surface area contributed by atoms with Crippen LogP contribution in [0.5, 0.6) is 11.5 Å². The van der Waals surface area contributed by atoms with E-state index in [0.717, 1.165) is 36.5 Å². The normalized spacial score (nSPS) is 17.1. The summed E-state index contributed by atoms with van der Waals surface area (Å²) in [7, 11) is 0. The zero-order chi connectivity index (χ0) is 21.5. The Labute approximate surface area is 176 Å². The van der Waals surface area contributed by atoms with Crippen LogP contribution in [0.1, 0.15) is 38.3 Å². The number of nitrogens with one attached hydrogen (secondary N) is 1. The van der Waals surface area contributed by atoms with Crippen LogP contribution in [0.25, 0.3) is 0 Å². The Balaban J connectivity index is 1.49. The Kier molecular flexibility index (Phi) is 7.49. The summed E-state index contributed by atoms with van der Waals surface area (Å²) < 4.78 is 35.8. The number of rotatable bonds is 9. The van der Waals surface area contributed by atoms with Gasteiger partial charge in [-0.15, -0.1) is 0 Å². The predicted molar refractivity (Wildman–Crippen MR) is 112 cm³/mol. The molecular weight excluding hydrogens is 390 g/mol. The van der Waals surface area contributed by atoms with Crippen LogP contribution in [-0.4, -0.2) is 38.1 Å². The maximum atomic E-state index is 12.2. The smallest absolute Gasteiger partial charge is 0.241 e.